The third-order valence-corrected chi connectivity index (χ3v) is 1.24. The van der Waals surface area contributed by atoms with Gasteiger partial charge in [0.2, 0.25) is 5.39 Å². The average Bonchev–Trinajstić information content (AvgIpc) is 2.16. The van der Waals surface area contributed by atoms with Crippen molar-refractivity contribution in [2.45, 2.75) is 0 Å². The molecule has 0 fully saturated rings. The summed E-state index contributed by atoms with van der Waals surface area (Å²) in [6, 6.07) is 5.96. The van der Waals surface area contributed by atoms with Gasteiger partial charge in [-0.2, -0.15) is 0 Å². The summed E-state index contributed by atoms with van der Waals surface area (Å²) in [6.07, 6.45) is 0. The van der Waals surface area contributed by atoms with E-state index in [4.69, 9.17) is 25.8 Å². The van der Waals surface area contributed by atoms with Crippen LogP contribution >= 0.6 is 0 Å². The normalized spacial score (nSPS) is 7.93. The second kappa shape index (κ2) is 5.87. The zero-order chi connectivity index (χ0) is 11.8. The Hall–Kier alpha value is -2.69. The molecule has 0 amide bonds. The van der Waals surface area contributed by atoms with Crippen LogP contribution in [0.5, 0.6) is 0 Å². The monoisotopic (exact) mass is 211 g/mol. The molecule has 0 atom stereocenters. The molecule has 0 bridgehead atoms. The van der Waals surface area contributed by atoms with Gasteiger partial charge in [-0.3, -0.25) is 0 Å². The van der Waals surface area contributed by atoms with Crippen molar-refractivity contribution in [3.05, 3.63) is 50.1 Å². The van der Waals surface area contributed by atoms with Crippen LogP contribution in [0, 0.1) is 20.7 Å². The topological polar surface area (TPSA) is 132 Å². The molecule has 0 radical (unpaired) electrons. The largest absolute Gasteiger partial charge is 0.477 e. The van der Waals surface area contributed by atoms with Crippen molar-refractivity contribution in [2.24, 2.45) is 0 Å². The summed E-state index contributed by atoms with van der Waals surface area (Å²) in [4.78, 5) is 21.5. The SMILES string of the molecule is N#[N+]c1ccccc1C(=O)O.O=[N+]([O-])[O-]. The van der Waals surface area contributed by atoms with Crippen molar-refractivity contribution in [1.82, 2.24) is 0 Å². The number of rotatable bonds is 1. The first-order valence-electron chi connectivity index (χ1n) is 3.48. The van der Waals surface area contributed by atoms with Crippen LogP contribution in [0.1, 0.15) is 10.4 Å². The Labute approximate surface area is 83.1 Å². The van der Waals surface area contributed by atoms with Crippen molar-refractivity contribution in [3.63, 3.8) is 0 Å². The number of nitrogens with zero attached hydrogens (tertiary/aromatic N) is 3. The molecule has 0 aliphatic heterocycles. The molecule has 8 heteroatoms. The molecule has 78 valence electrons. The number of diazo groups is 1. The lowest BCUT2D eigenvalue weighted by molar-refractivity contribution is -0.402. The van der Waals surface area contributed by atoms with E-state index >= 15 is 0 Å². The molecule has 1 rings (SSSR count). The Balaban J connectivity index is 0.000000423. The minimum absolute atomic E-state index is 0.00463. The predicted octanol–water partition coefficient (Wildman–Crippen LogP) is 1.63. The average molecular weight is 211 g/mol. The summed E-state index contributed by atoms with van der Waals surface area (Å²) < 4.78 is 0. The highest BCUT2D eigenvalue weighted by Crippen LogP contribution is 2.17. The first kappa shape index (κ1) is 12.3. The maximum absolute atomic E-state index is 10.4. The van der Waals surface area contributed by atoms with Crippen LogP contribution in [-0.4, -0.2) is 16.2 Å². The number of hydrogen-bond acceptors (Lipinski definition) is 5. The van der Waals surface area contributed by atoms with Gasteiger partial charge in [-0.15, -0.1) is 0 Å². The van der Waals surface area contributed by atoms with Gasteiger partial charge in [-0.25, -0.2) is 4.79 Å². The van der Waals surface area contributed by atoms with E-state index in [9.17, 15) is 4.79 Å². The number of aromatic carboxylic acids is 1. The Bertz CT molecular complexity index is 407. The van der Waals surface area contributed by atoms with Crippen molar-refractivity contribution in [1.29, 1.82) is 5.39 Å². The van der Waals surface area contributed by atoms with Crippen LogP contribution in [0.3, 0.4) is 0 Å². The molecule has 0 aromatic heterocycles. The number of carboxylic acid groups (broad SMARTS) is 1. The minimum atomic E-state index is -1.75. The van der Waals surface area contributed by atoms with Crippen LogP contribution < -0.4 is 0 Å². The summed E-state index contributed by atoms with van der Waals surface area (Å²) >= 11 is 0. The van der Waals surface area contributed by atoms with Crippen LogP contribution in [0.25, 0.3) is 4.98 Å². The summed E-state index contributed by atoms with van der Waals surface area (Å²) in [6.45, 7) is 0. The van der Waals surface area contributed by atoms with E-state index in [1.54, 1.807) is 12.1 Å². The van der Waals surface area contributed by atoms with Gasteiger partial charge in [0.15, 0.2) is 10.5 Å². The molecule has 0 unspecified atom stereocenters. The molecule has 0 aliphatic rings. The fourth-order valence-corrected chi connectivity index (χ4v) is 0.742. The van der Waals surface area contributed by atoms with Crippen molar-refractivity contribution in [2.75, 3.05) is 0 Å². The molecular weight excluding hydrogens is 206 g/mol. The lowest BCUT2D eigenvalue weighted by Crippen LogP contribution is -1.94. The van der Waals surface area contributed by atoms with E-state index in [-0.39, 0.29) is 11.3 Å². The Kier molecular flexibility index (Phi) is 4.82. The smallest absolute Gasteiger partial charge is 0.399 e. The first-order chi connectivity index (χ1) is 6.99. The fourth-order valence-electron chi connectivity index (χ4n) is 0.742. The highest BCUT2D eigenvalue weighted by atomic mass is 16.9. The van der Waals surface area contributed by atoms with E-state index in [0.717, 1.165) is 0 Å². The van der Waals surface area contributed by atoms with Gasteiger partial charge in [0, 0.05) is 6.07 Å². The molecular formula is C7H5N3O5. The molecule has 1 aromatic carbocycles. The van der Waals surface area contributed by atoms with Crippen molar-refractivity contribution < 1.29 is 15.0 Å². The molecule has 0 aliphatic carbocycles. The third kappa shape index (κ3) is 4.79. The molecule has 0 saturated heterocycles. The molecule has 0 heterocycles. The van der Waals surface area contributed by atoms with E-state index in [0.29, 0.717) is 0 Å². The number of hydrogen-bond donors (Lipinski definition) is 1. The van der Waals surface area contributed by atoms with E-state index in [1.807, 2.05) is 0 Å². The maximum atomic E-state index is 10.4. The summed E-state index contributed by atoms with van der Waals surface area (Å²) in [5, 5.41) is 31.6. The predicted molar refractivity (Wildman–Crippen MR) is 48.5 cm³/mol. The van der Waals surface area contributed by atoms with Gasteiger partial charge in [0.1, 0.15) is 0 Å². The lowest BCUT2D eigenvalue weighted by atomic mass is 10.2. The van der Waals surface area contributed by atoms with Gasteiger partial charge in [-0.05, 0) is 6.07 Å². The van der Waals surface area contributed by atoms with Crippen molar-refractivity contribution >= 4 is 11.7 Å². The van der Waals surface area contributed by atoms with Crippen LogP contribution in [0.4, 0.5) is 5.69 Å². The van der Waals surface area contributed by atoms with Crippen LogP contribution in [0.2, 0.25) is 0 Å². The highest BCUT2D eigenvalue weighted by molar-refractivity contribution is 5.94. The molecule has 1 aromatic rings. The summed E-state index contributed by atoms with van der Waals surface area (Å²) in [5.41, 5.74) is 0.0648. The van der Waals surface area contributed by atoms with E-state index < -0.39 is 11.1 Å². The van der Waals surface area contributed by atoms with Gasteiger partial charge >= 0.3 is 11.7 Å². The van der Waals surface area contributed by atoms with Gasteiger partial charge in [0.05, 0.1) is 5.09 Å². The van der Waals surface area contributed by atoms with Gasteiger partial charge in [0.25, 0.3) is 0 Å². The quantitative estimate of drug-likeness (QED) is 0.426. The standard InChI is InChI=1S/C7H4N2O2.NO3/c8-9-6-4-2-1-3-5(6)7(10)11;2-1(3)4/h1-4H;/q;-1/p+1. The van der Waals surface area contributed by atoms with Crippen LogP contribution in [0.15, 0.2) is 24.3 Å². The zero-order valence-electron chi connectivity index (χ0n) is 7.23. The Morgan fingerprint density at radius 1 is 1.40 bits per heavy atom. The number of carbonyl (C=O) groups is 1. The second-order valence-corrected chi connectivity index (χ2v) is 2.15. The summed E-state index contributed by atoms with van der Waals surface area (Å²) in [5.74, 6) is -1.10. The van der Waals surface area contributed by atoms with E-state index in [2.05, 4.69) is 4.98 Å². The second-order valence-electron chi connectivity index (χ2n) is 2.15. The Morgan fingerprint density at radius 2 is 1.87 bits per heavy atom. The Morgan fingerprint density at radius 3 is 2.20 bits per heavy atom. The molecule has 15 heavy (non-hydrogen) atoms. The molecule has 0 spiro atoms. The van der Waals surface area contributed by atoms with Crippen LogP contribution in [-0.2, 0) is 0 Å². The minimum Gasteiger partial charge on any atom is -0.477 e. The van der Waals surface area contributed by atoms with E-state index in [1.165, 1.54) is 12.1 Å². The molecule has 1 N–H and O–H groups in total. The highest BCUT2D eigenvalue weighted by Gasteiger charge is 2.17. The fraction of sp³-hybridized carbons (Fsp3) is 0. The number of carboxylic acids is 1. The van der Waals surface area contributed by atoms with Gasteiger partial charge in [-0.1, -0.05) is 12.1 Å². The molecule has 0 saturated carbocycles. The maximum Gasteiger partial charge on any atom is 0.399 e. The lowest BCUT2D eigenvalue weighted by Gasteiger charge is -1.85. The first-order valence-corrected chi connectivity index (χ1v) is 3.48. The van der Waals surface area contributed by atoms with Gasteiger partial charge < -0.3 is 20.4 Å². The zero-order valence-corrected chi connectivity index (χ0v) is 7.23. The molecule has 8 nitrogen and oxygen atoms in total. The number of benzene rings is 1. The third-order valence-electron chi connectivity index (χ3n) is 1.24. The van der Waals surface area contributed by atoms with Crippen molar-refractivity contribution in [3.8, 4) is 0 Å². The summed E-state index contributed by atoms with van der Waals surface area (Å²) in [7, 11) is 0.